The Hall–Kier alpha value is -3.97. The van der Waals surface area contributed by atoms with Gasteiger partial charge in [-0.1, -0.05) is 41.9 Å². The molecule has 0 radical (unpaired) electrons. The van der Waals surface area contributed by atoms with E-state index in [9.17, 15) is 26.8 Å². The van der Waals surface area contributed by atoms with E-state index in [2.05, 4.69) is 5.32 Å². The monoisotopic (exact) mass is 631 g/mol. The minimum Gasteiger partial charge on any atom is -0.464 e. The molecule has 13 heteroatoms. The third-order valence-electron chi connectivity index (χ3n) is 6.74. The maximum Gasteiger partial charge on any atom is 0.355 e. The van der Waals surface area contributed by atoms with Crippen molar-refractivity contribution in [1.29, 1.82) is 0 Å². The molecule has 226 valence electrons. The molecule has 0 aliphatic carbocycles. The number of halogens is 3. The van der Waals surface area contributed by atoms with E-state index in [1.54, 1.807) is 47.0 Å². The lowest BCUT2D eigenvalue weighted by atomic mass is 9.99. The van der Waals surface area contributed by atoms with Crippen molar-refractivity contribution in [3.63, 3.8) is 0 Å². The zero-order chi connectivity index (χ0) is 31.1. The van der Waals surface area contributed by atoms with Crippen LogP contribution in [0.4, 0.5) is 8.78 Å². The smallest absolute Gasteiger partial charge is 0.355 e. The van der Waals surface area contributed by atoms with Gasteiger partial charge in [-0.15, -0.1) is 0 Å². The molecule has 0 saturated carbocycles. The molecule has 1 aromatic heterocycles. The minimum atomic E-state index is -3.62. The highest BCUT2D eigenvalue weighted by Crippen LogP contribution is 2.27. The summed E-state index contributed by atoms with van der Waals surface area (Å²) >= 11 is 6.29. The molecule has 3 aromatic carbocycles. The number of hydrogen-bond acceptors (Lipinski definition) is 7. The van der Waals surface area contributed by atoms with Gasteiger partial charge in [-0.05, 0) is 48.0 Å². The number of para-hydroxylation sites is 1. The Bertz CT molecular complexity index is 1780. The summed E-state index contributed by atoms with van der Waals surface area (Å²) in [5.41, 5.74) is 1.85. The molecule has 4 aromatic rings. The van der Waals surface area contributed by atoms with Crippen molar-refractivity contribution in [2.24, 2.45) is 0 Å². The van der Waals surface area contributed by atoms with Gasteiger partial charge in [0.05, 0.1) is 17.5 Å². The second-order valence-electron chi connectivity index (χ2n) is 9.43. The predicted octanol–water partition coefficient (Wildman–Crippen LogP) is 4.07. The van der Waals surface area contributed by atoms with Crippen LogP contribution in [0, 0.1) is 0 Å². The number of aldehydes is 1. The molecule has 2 heterocycles. The van der Waals surface area contributed by atoms with Crippen LogP contribution >= 0.6 is 11.6 Å². The second kappa shape index (κ2) is 14.0. The number of alkyl halides is 2. The van der Waals surface area contributed by atoms with E-state index < -0.39 is 28.7 Å². The molecule has 0 atom stereocenters. The summed E-state index contributed by atoms with van der Waals surface area (Å²) < 4.78 is 55.1. The van der Waals surface area contributed by atoms with Crippen molar-refractivity contribution in [2.75, 3.05) is 33.3 Å². The minimum absolute atomic E-state index is 0.0935. The molecule has 1 N–H and O–H groups in total. The number of carbonyl (C=O) groups is 2. The van der Waals surface area contributed by atoms with Crippen molar-refractivity contribution in [3.05, 3.63) is 105 Å². The number of methoxy groups -OCH3 is 1. The van der Waals surface area contributed by atoms with Gasteiger partial charge >= 0.3 is 5.97 Å². The number of piperazine rings is 1. The van der Waals surface area contributed by atoms with Crippen molar-refractivity contribution in [1.82, 2.24) is 14.2 Å². The Kier molecular flexibility index (Phi) is 10.4. The molecule has 1 saturated heterocycles. The van der Waals surface area contributed by atoms with Gasteiger partial charge in [-0.2, -0.15) is 4.31 Å². The molecule has 0 unspecified atom stereocenters. The summed E-state index contributed by atoms with van der Waals surface area (Å²) in [5, 5.41) is 3.97. The Labute approximate surface area is 251 Å². The predicted molar refractivity (Wildman–Crippen MR) is 159 cm³/mol. The largest absolute Gasteiger partial charge is 0.464 e. The molecular weight excluding hydrogens is 604 g/mol. The summed E-state index contributed by atoms with van der Waals surface area (Å²) in [6.45, 7) is 2.03. The van der Waals surface area contributed by atoms with Crippen LogP contribution in [0.2, 0.25) is 5.02 Å². The van der Waals surface area contributed by atoms with Crippen LogP contribution < -0.4 is 10.7 Å². The zero-order valence-electron chi connectivity index (χ0n) is 23.0. The highest BCUT2D eigenvalue weighted by atomic mass is 35.5. The number of ether oxygens (including phenoxy) is 1. The van der Waals surface area contributed by atoms with Crippen molar-refractivity contribution >= 4 is 44.8 Å². The molecular formula is C30H28ClF2N3O6S. The van der Waals surface area contributed by atoms with Gasteiger partial charge < -0.3 is 14.6 Å². The summed E-state index contributed by atoms with van der Waals surface area (Å²) in [6, 6.07) is 20.6. The Morgan fingerprint density at radius 3 is 2.26 bits per heavy atom. The van der Waals surface area contributed by atoms with E-state index in [0.717, 1.165) is 0 Å². The van der Waals surface area contributed by atoms with E-state index in [1.165, 1.54) is 11.4 Å². The normalized spacial score (nSPS) is 13.8. The van der Waals surface area contributed by atoms with Gasteiger partial charge in [0.2, 0.25) is 10.0 Å². The molecule has 43 heavy (non-hydrogen) atoms. The number of carbonyl (C=O) groups excluding carboxylic acids is 2. The van der Waals surface area contributed by atoms with Gasteiger partial charge in [0.15, 0.2) is 11.7 Å². The number of hydrogen-bond donors (Lipinski definition) is 1. The van der Waals surface area contributed by atoms with Gasteiger partial charge in [0, 0.05) is 54.3 Å². The van der Waals surface area contributed by atoms with Crippen molar-refractivity contribution in [2.45, 2.75) is 17.7 Å². The molecule has 1 aliphatic heterocycles. The third-order valence-corrected chi connectivity index (χ3v) is 8.89. The number of rotatable bonds is 7. The maximum absolute atomic E-state index is 13.7. The number of nitrogens with one attached hydrogen (secondary N) is 1. The summed E-state index contributed by atoms with van der Waals surface area (Å²) in [7, 11) is -2.35. The summed E-state index contributed by atoms with van der Waals surface area (Å²) in [4.78, 5) is 35.8. The van der Waals surface area contributed by atoms with E-state index in [-0.39, 0.29) is 28.0 Å². The third kappa shape index (κ3) is 7.16. The Balaban J connectivity index is 0.000000782. The average molecular weight is 632 g/mol. The first-order valence-corrected chi connectivity index (χ1v) is 14.9. The highest BCUT2D eigenvalue weighted by Gasteiger charge is 2.27. The van der Waals surface area contributed by atoms with Gasteiger partial charge in [0.25, 0.3) is 6.43 Å². The highest BCUT2D eigenvalue weighted by molar-refractivity contribution is 7.89. The van der Waals surface area contributed by atoms with Crippen LogP contribution in [-0.4, -0.2) is 69.3 Å². The average Bonchev–Trinajstić information content (AvgIpc) is 3.03. The number of esters is 1. The summed E-state index contributed by atoms with van der Waals surface area (Å²) in [5.74, 6) is -0.666. The summed E-state index contributed by atoms with van der Waals surface area (Å²) in [6.07, 6.45) is -3.11. The van der Waals surface area contributed by atoms with Crippen LogP contribution in [0.1, 0.15) is 21.6 Å². The molecule has 9 nitrogen and oxygen atoms in total. The first-order valence-electron chi connectivity index (χ1n) is 13.1. The molecule has 0 spiro atoms. The van der Waals surface area contributed by atoms with Gasteiger partial charge in [-0.3, -0.25) is 9.59 Å². The topological polar surface area (TPSA) is 115 Å². The standard InChI is InChI=1S/C28H26ClN3O5S.C2H2F2O/c1-37-28(34)26-24(17-19-7-10-22(11-8-19)38(35,36)31-15-13-30-14-16-31)27(33)23-12-9-20(29)18-25(23)32(26)21-5-3-2-4-6-21;3-2(4)1-5/h2-12,18,30H,13-17H2,1H3;1-2H. The first kappa shape index (κ1) is 32.0. The van der Waals surface area contributed by atoms with E-state index >= 15 is 0 Å². The number of sulfonamides is 1. The van der Waals surface area contributed by atoms with Crippen LogP contribution in [0.3, 0.4) is 0 Å². The quantitative estimate of drug-likeness (QED) is 0.242. The Morgan fingerprint density at radius 2 is 1.67 bits per heavy atom. The number of nitrogens with zero attached hydrogens (tertiary/aromatic N) is 2. The zero-order valence-corrected chi connectivity index (χ0v) is 24.6. The van der Waals surface area contributed by atoms with Crippen molar-refractivity contribution in [3.8, 4) is 5.69 Å². The van der Waals surface area contributed by atoms with Gasteiger partial charge in [-0.25, -0.2) is 22.0 Å². The number of pyridine rings is 1. The van der Waals surface area contributed by atoms with Crippen LogP contribution in [0.15, 0.2) is 82.5 Å². The number of fused-ring (bicyclic) bond motifs is 1. The molecule has 1 aliphatic rings. The molecule has 0 amide bonds. The van der Waals surface area contributed by atoms with Crippen molar-refractivity contribution < 1.29 is 31.5 Å². The lowest BCUT2D eigenvalue weighted by molar-refractivity contribution is -0.116. The fourth-order valence-electron chi connectivity index (χ4n) is 4.74. The SMILES string of the molecule is COC(=O)c1c(Cc2ccc(S(=O)(=O)N3CCNCC3)cc2)c(=O)c2ccc(Cl)cc2n1-c1ccccc1.O=CC(F)F. The number of benzene rings is 3. The lowest BCUT2D eigenvalue weighted by Gasteiger charge is -2.26. The first-order chi connectivity index (χ1) is 20.6. The molecule has 5 rings (SSSR count). The maximum atomic E-state index is 13.7. The number of aromatic nitrogens is 1. The fraction of sp³-hybridized carbons (Fsp3) is 0.233. The van der Waals surface area contributed by atoms with E-state index in [4.69, 9.17) is 21.1 Å². The lowest BCUT2D eigenvalue weighted by Crippen LogP contribution is -2.46. The van der Waals surface area contributed by atoms with E-state index in [1.807, 2.05) is 30.3 Å². The fourth-order valence-corrected chi connectivity index (χ4v) is 6.35. The van der Waals surface area contributed by atoms with E-state index in [0.29, 0.717) is 53.4 Å². The van der Waals surface area contributed by atoms with Crippen LogP contribution in [0.25, 0.3) is 16.6 Å². The van der Waals surface area contributed by atoms with Gasteiger partial charge in [0.1, 0.15) is 5.69 Å². The molecule has 0 bridgehead atoms. The van der Waals surface area contributed by atoms with Crippen LogP contribution in [-0.2, 0) is 26.0 Å². The molecule has 1 fully saturated rings. The second-order valence-corrected chi connectivity index (χ2v) is 11.8. The van der Waals surface area contributed by atoms with Crippen LogP contribution in [0.5, 0.6) is 0 Å². The Morgan fingerprint density at radius 1 is 1.05 bits per heavy atom.